The number of carbonyl (C=O) groups excluding carboxylic acids is 1. The first-order valence-corrected chi connectivity index (χ1v) is 5.41. The van der Waals surface area contributed by atoms with Crippen LogP contribution >= 0.6 is 0 Å². The number of rotatable bonds is 3. The molecule has 0 saturated heterocycles. The average Bonchev–Trinajstić information content (AvgIpc) is 2.14. The van der Waals surface area contributed by atoms with Crippen LogP contribution in [0.15, 0.2) is 15.8 Å². The van der Waals surface area contributed by atoms with Crippen molar-refractivity contribution in [3.05, 3.63) is 32.6 Å². The molecule has 4 N–H and O–H groups in total. The quantitative estimate of drug-likeness (QED) is 0.574. The molecule has 0 unspecified atom stereocenters. The van der Waals surface area contributed by atoms with Gasteiger partial charge in [-0.1, -0.05) is 0 Å². The Hall–Kier alpha value is -1.89. The Labute approximate surface area is 103 Å². The van der Waals surface area contributed by atoms with E-state index >= 15 is 0 Å². The molecule has 0 bridgehead atoms. The molecule has 18 heavy (non-hydrogen) atoms. The van der Waals surface area contributed by atoms with Crippen molar-refractivity contribution in [3.63, 3.8) is 0 Å². The maximum atomic E-state index is 11.9. The molecule has 0 saturated carbocycles. The Balaban J connectivity index is 3.04. The third kappa shape index (κ3) is 2.86. The van der Waals surface area contributed by atoms with Crippen molar-refractivity contribution in [2.45, 2.75) is 38.8 Å². The minimum atomic E-state index is -1.17. The first-order chi connectivity index (χ1) is 8.04. The molecule has 0 aliphatic rings. The number of hydrogen-bond donors (Lipinski definition) is 4. The third-order valence-electron chi connectivity index (χ3n) is 3.02. The molecule has 0 atom stereocenters. The molecule has 0 aliphatic heterocycles. The van der Waals surface area contributed by atoms with Gasteiger partial charge in [0.1, 0.15) is 5.56 Å². The summed E-state index contributed by atoms with van der Waals surface area (Å²) in [4.78, 5) is 38.3. The van der Waals surface area contributed by atoms with Crippen LogP contribution in [0.1, 0.15) is 38.1 Å². The number of hydrogen-bond acceptors (Lipinski definition) is 4. The van der Waals surface area contributed by atoms with Crippen molar-refractivity contribution in [2.75, 3.05) is 0 Å². The van der Waals surface area contributed by atoms with Crippen molar-refractivity contribution in [1.29, 1.82) is 0 Å². The number of H-pyrrole nitrogens is 2. The predicted octanol–water partition coefficient (Wildman–Crippen LogP) is -0.657. The van der Waals surface area contributed by atoms with Gasteiger partial charge in [0.15, 0.2) is 0 Å². The van der Waals surface area contributed by atoms with E-state index in [1.54, 1.807) is 27.7 Å². The Bertz CT molecular complexity index is 563. The highest BCUT2D eigenvalue weighted by molar-refractivity contribution is 5.94. The number of aromatic nitrogens is 2. The van der Waals surface area contributed by atoms with Gasteiger partial charge in [-0.25, -0.2) is 4.79 Å². The van der Waals surface area contributed by atoms with Crippen LogP contribution in [0.4, 0.5) is 0 Å². The normalized spacial score (nSPS) is 12.3. The number of aliphatic hydroxyl groups is 1. The van der Waals surface area contributed by atoms with Crippen molar-refractivity contribution >= 4 is 5.91 Å². The Morgan fingerprint density at radius 2 is 1.83 bits per heavy atom. The molecule has 1 aromatic heterocycles. The van der Waals surface area contributed by atoms with Gasteiger partial charge in [-0.15, -0.1) is 0 Å². The number of carbonyl (C=O) groups is 1. The van der Waals surface area contributed by atoms with Crippen LogP contribution in [-0.2, 0) is 0 Å². The molecule has 0 aromatic carbocycles. The maximum absolute atomic E-state index is 11.9. The predicted molar refractivity (Wildman–Crippen MR) is 65.5 cm³/mol. The van der Waals surface area contributed by atoms with Gasteiger partial charge in [-0.05, 0) is 27.7 Å². The fourth-order valence-corrected chi connectivity index (χ4v) is 1.08. The van der Waals surface area contributed by atoms with E-state index < -0.39 is 28.3 Å². The second kappa shape index (κ2) is 4.41. The van der Waals surface area contributed by atoms with E-state index in [1.165, 1.54) is 0 Å². The van der Waals surface area contributed by atoms with Gasteiger partial charge in [0.2, 0.25) is 0 Å². The fraction of sp³-hybridized carbons (Fsp3) is 0.545. The molecule has 0 radical (unpaired) electrons. The van der Waals surface area contributed by atoms with Crippen molar-refractivity contribution in [3.8, 4) is 0 Å². The number of nitrogens with one attached hydrogen (secondary N) is 3. The molecule has 0 aliphatic carbocycles. The van der Waals surface area contributed by atoms with Gasteiger partial charge in [0.05, 0.1) is 11.1 Å². The molecule has 1 heterocycles. The van der Waals surface area contributed by atoms with E-state index in [-0.39, 0.29) is 5.56 Å². The summed E-state index contributed by atoms with van der Waals surface area (Å²) in [5.41, 5.74) is -3.78. The highest BCUT2D eigenvalue weighted by Gasteiger charge is 2.36. The minimum Gasteiger partial charge on any atom is -0.388 e. The fourth-order valence-electron chi connectivity index (χ4n) is 1.08. The molecular weight excluding hydrogens is 238 g/mol. The lowest BCUT2D eigenvalue weighted by molar-refractivity contribution is -0.00297. The van der Waals surface area contributed by atoms with Crippen LogP contribution in [0.25, 0.3) is 0 Å². The zero-order valence-corrected chi connectivity index (χ0v) is 10.7. The van der Waals surface area contributed by atoms with E-state index in [9.17, 15) is 19.5 Å². The van der Waals surface area contributed by atoms with E-state index in [1.807, 2.05) is 4.98 Å². The largest absolute Gasteiger partial charge is 0.388 e. The third-order valence-corrected chi connectivity index (χ3v) is 3.02. The van der Waals surface area contributed by atoms with E-state index in [2.05, 4.69) is 10.3 Å². The Kier molecular flexibility index (Phi) is 3.47. The highest BCUT2D eigenvalue weighted by atomic mass is 16.3. The summed E-state index contributed by atoms with van der Waals surface area (Å²) in [5.74, 6) is -0.667. The summed E-state index contributed by atoms with van der Waals surface area (Å²) in [6.07, 6.45) is 1.04. The molecule has 7 nitrogen and oxygen atoms in total. The zero-order valence-electron chi connectivity index (χ0n) is 10.7. The molecule has 0 spiro atoms. The summed E-state index contributed by atoms with van der Waals surface area (Å²) in [6.45, 7) is 6.35. The molecule has 1 aromatic rings. The maximum Gasteiger partial charge on any atom is 0.325 e. The van der Waals surface area contributed by atoms with Gasteiger partial charge in [-0.3, -0.25) is 14.6 Å². The Morgan fingerprint density at radius 3 is 2.28 bits per heavy atom. The molecule has 7 heteroatoms. The lowest BCUT2D eigenvalue weighted by Gasteiger charge is -2.37. The smallest absolute Gasteiger partial charge is 0.325 e. The number of amides is 1. The van der Waals surface area contributed by atoms with Crippen LogP contribution < -0.4 is 16.6 Å². The van der Waals surface area contributed by atoms with Gasteiger partial charge in [0, 0.05) is 6.20 Å². The summed E-state index contributed by atoms with van der Waals surface area (Å²) < 4.78 is 0. The SMILES string of the molecule is CC(C)(O)C(C)(C)NC(=O)c1c[nH]c(=O)[nH]c1=O. The highest BCUT2D eigenvalue weighted by Crippen LogP contribution is 2.20. The molecule has 1 amide bonds. The van der Waals surface area contributed by atoms with E-state index in [4.69, 9.17) is 0 Å². The summed E-state index contributed by atoms with van der Waals surface area (Å²) in [6, 6.07) is 0. The van der Waals surface area contributed by atoms with Gasteiger partial charge in [0.25, 0.3) is 11.5 Å². The first kappa shape index (κ1) is 14.2. The summed E-state index contributed by atoms with van der Waals surface area (Å²) in [7, 11) is 0. The summed E-state index contributed by atoms with van der Waals surface area (Å²) >= 11 is 0. The molecule has 100 valence electrons. The van der Waals surface area contributed by atoms with Gasteiger partial charge in [-0.2, -0.15) is 0 Å². The molecule has 0 fully saturated rings. The monoisotopic (exact) mass is 255 g/mol. The van der Waals surface area contributed by atoms with Gasteiger partial charge >= 0.3 is 5.69 Å². The lowest BCUT2D eigenvalue weighted by Crippen LogP contribution is -2.58. The average molecular weight is 255 g/mol. The Morgan fingerprint density at radius 1 is 1.28 bits per heavy atom. The standard InChI is InChI=1S/C11H17N3O4/c1-10(2,11(3,4)18)14-8(16)6-5-12-9(17)13-7(6)15/h5,18H,1-4H3,(H,14,16)(H2,12,13,15,17). The van der Waals surface area contributed by atoms with Crippen molar-refractivity contribution in [1.82, 2.24) is 15.3 Å². The number of aromatic amines is 2. The lowest BCUT2D eigenvalue weighted by atomic mass is 9.86. The summed E-state index contributed by atoms with van der Waals surface area (Å²) in [5, 5.41) is 12.4. The zero-order chi connectivity index (χ0) is 14.1. The van der Waals surface area contributed by atoms with E-state index in [0.29, 0.717) is 0 Å². The second-order valence-corrected chi connectivity index (χ2v) is 5.12. The van der Waals surface area contributed by atoms with Gasteiger partial charge < -0.3 is 15.4 Å². The first-order valence-electron chi connectivity index (χ1n) is 5.41. The molecular formula is C11H17N3O4. The van der Waals surface area contributed by atoms with E-state index in [0.717, 1.165) is 6.20 Å². The van der Waals surface area contributed by atoms with Crippen LogP contribution in [0.2, 0.25) is 0 Å². The van der Waals surface area contributed by atoms with Crippen LogP contribution in [-0.4, -0.2) is 32.1 Å². The second-order valence-electron chi connectivity index (χ2n) is 5.12. The van der Waals surface area contributed by atoms with Crippen LogP contribution in [0, 0.1) is 0 Å². The minimum absolute atomic E-state index is 0.216. The van der Waals surface area contributed by atoms with Crippen molar-refractivity contribution < 1.29 is 9.90 Å². The van der Waals surface area contributed by atoms with Crippen LogP contribution in [0.5, 0.6) is 0 Å². The molecule has 1 rings (SSSR count). The van der Waals surface area contributed by atoms with Crippen LogP contribution in [0.3, 0.4) is 0 Å². The van der Waals surface area contributed by atoms with Crippen molar-refractivity contribution in [2.24, 2.45) is 0 Å². The topological polar surface area (TPSA) is 115 Å².